The Morgan fingerprint density at radius 2 is 2.06 bits per heavy atom. The average molecular weight is 430 g/mol. The Hall–Kier alpha value is -3.40. The molecule has 1 aromatic carbocycles. The third-order valence-corrected chi connectivity index (χ3v) is 5.66. The normalized spacial score (nSPS) is 14.2. The lowest BCUT2D eigenvalue weighted by Crippen LogP contribution is -2.49. The van der Waals surface area contributed by atoms with Crippen molar-refractivity contribution in [2.45, 2.75) is 38.8 Å². The molecule has 166 valence electrons. The van der Waals surface area contributed by atoms with Crippen LogP contribution in [0.15, 0.2) is 24.3 Å². The number of aryl methyl sites for hydroxylation is 1. The summed E-state index contributed by atoms with van der Waals surface area (Å²) in [6.45, 7) is 5.67. The highest BCUT2D eigenvalue weighted by Gasteiger charge is 2.29. The molecular formula is C21H28FN7O2. The fraction of sp³-hybridized carbons (Fsp3) is 0.381. The van der Waals surface area contributed by atoms with Gasteiger partial charge in [0.1, 0.15) is 5.82 Å². The van der Waals surface area contributed by atoms with Crippen molar-refractivity contribution in [2.24, 2.45) is 18.5 Å². The summed E-state index contributed by atoms with van der Waals surface area (Å²) in [5.41, 5.74) is 12.4. The van der Waals surface area contributed by atoms with Gasteiger partial charge in [-0.2, -0.15) is 0 Å². The van der Waals surface area contributed by atoms with E-state index in [0.29, 0.717) is 18.0 Å². The van der Waals surface area contributed by atoms with E-state index in [0.717, 1.165) is 17.0 Å². The number of aromatic nitrogens is 3. The van der Waals surface area contributed by atoms with Crippen LogP contribution in [-0.4, -0.2) is 39.4 Å². The maximum absolute atomic E-state index is 14.7. The molecule has 2 heterocycles. The number of nitrogens with one attached hydrogen (secondary N) is 2. The molecule has 0 bridgehead atoms. The van der Waals surface area contributed by atoms with Gasteiger partial charge >= 0.3 is 0 Å². The number of halogens is 1. The zero-order valence-electron chi connectivity index (χ0n) is 18.3. The summed E-state index contributed by atoms with van der Waals surface area (Å²) in [6, 6.07) is 6.25. The topological polar surface area (TPSA) is 133 Å². The predicted octanol–water partition coefficient (Wildman–Crippen LogP) is 2.89. The van der Waals surface area contributed by atoms with E-state index in [4.69, 9.17) is 16.2 Å². The molecule has 10 heteroatoms. The van der Waals surface area contributed by atoms with Crippen LogP contribution in [0.25, 0.3) is 10.9 Å². The quantitative estimate of drug-likeness (QED) is 0.433. The largest absolute Gasteiger partial charge is 0.479 e. The second-order valence-corrected chi connectivity index (χ2v) is 7.75. The zero-order chi connectivity index (χ0) is 22.9. The van der Waals surface area contributed by atoms with Gasteiger partial charge in [0.2, 0.25) is 5.88 Å². The first-order chi connectivity index (χ1) is 14.6. The fourth-order valence-corrected chi connectivity index (χ4v) is 3.25. The van der Waals surface area contributed by atoms with E-state index >= 15 is 0 Å². The lowest BCUT2D eigenvalue weighted by Gasteiger charge is -2.34. The molecule has 0 unspecified atom stereocenters. The minimum Gasteiger partial charge on any atom is -0.479 e. The number of carbonyl (C=O) groups is 1. The average Bonchev–Trinajstić information content (AvgIpc) is 3.04. The van der Waals surface area contributed by atoms with Crippen molar-refractivity contribution in [3.8, 4) is 5.88 Å². The Kier molecular flexibility index (Phi) is 6.03. The molecule has 0 aliphatic heterocycles. The number of benzene rings is 1. The highest BCUT2D eigenvalue weighted by atomic mass is 19.1. The van der Waals surface area contributed by atoms with E-state index in [9.17, 15) is 9.18 Å². The molecule has 2 atom stereocenters. The van der Waals surface area contributed by atoms with Crippen molar-refractivity contribution < 1.29 is 13.9 Å². The summed E-state index contributed by atoms with van der Waals surface area (Å²) in [4.78, 5) is 16.3. The predicted molar refractivity (Wildman–Crippen MR) is 119 cm³/mol. The van der Waals surface area contributed by atoms with Crippen LogP contribution in [0.4, 0.5) is 21.7 Å². The molecule has 9 nitrogen and oxygen atoms in total. The van der Waals surface area contributed by atoms with Gasteiger partial charge in [0.05, 0.1) is 29.1 Å². The highest BCUT2D eigenvalue weighted by Crippen LogP contribution is 2.31. The minimum absolute atomic E-state index is 0.0193. The van der Waals surface area contributed by atoms with Crippen LogP contribution in [0.5, 0.6) is 5.88 Å². The van der Waals surface area contributed by atoms with Gasteiger partial charge in [0, 0.05) is 18.8 Å². The molecule has 3 rings (SSSR count). The monoisotopic (exact) mass is 429 g/mol. The first kappa shape index (κ1) is 22.3. The maximum atomic E-state index is 14.7. The number of primary amides is 1. The fourth-order valence-electron chi connectivity index (χ4n) is 3.25. The summed E-state index contributed by atoms with van der Waals surface area (Å²) < 4.78 is 21.8. The van der Waals surface area contributed by atoms with E-state index in [1.807, 2.05) is 40.0 Å². The van der Waals surface area contributed by atoms with Crippen LogP contribution in [0, 0.1) is 5.82 Å². The summed E-state index contributed by atoms with van der Waals surface area (Å²) in [5, 5.41) is 11.2. The Balaban J connectivity index is 2.05. The van der Waals surface area contributed by atoms with Crippen LogP contribution in [0.3, 0.4) is 0 Å². The number of nitrogens with zero attached hydrogens (tertiary/aromatic N) is 3. The van der Waals surface area contributed by atoms with Gasteiger partial charge in [0.25, 0.3) is 5.91 Å². The third kappa shape index (κ3) is 4.24. The zero-order valence-corrected chi connectivity index (χ0v) is 18.3. The second-order valence-electron chi connectivity index (χ2n) is 7.75. The van der Waals surface area contributed by atoms with Crippen LogP contribution >= 0.6 is 0 Å². The number of amides is 1. The van der Waals surface area contributed by atoms with Crippen molar-refractivity contribution in [1.29, 1.82) is 0 Å². The molecule has 6 N–H and O–H groups in total. The summed E-state index contributed by atoms with van der Waals surface area (Å²) in [6.07, 6.45) is 0.642. The Morgan fingerprint density at radius 1 is 1.35 bits per heavy atom. The molecule has 1 amide bonds. The van der Waals surface area contributed by atoms with Crippen LogP contribution in [0.2, 0.25) is 0 Å². The van der Waals surface area contributed by atoms with E-state index in [1.165, 1.54) is 7.11 Å². The van der Waals surface area contributed by atoms with Crippen LogP contribution in [0.1, 0.15) is 37.6 Å². The molecule has 0 saturated heterocycles. The molecule has 0 fully saturated rings. The van der Waals surface area contributed by atoms with Crippen molar-refractivity contribution in [2.75, 3.05) is 17.7 Å². The SMILES string of the molecule is CC[C@@](C)(Nc1nc(Nc2ccc3c(c2)c(OC)nn3C)c(C(N)=O)cc1F)[C@H](C)N. The number of ether oxygens (including phenoxy) is 1. The number of carbonyl (C=O) groups excluding carboxylic acids is 1. The van der Waals surface area contributed by atoms with E-state index in [1.54, 1.807) is 10.7 Å². The van der Waals surface area contributed by atoms with Crippen molar-refractivity contribution >= 4 is 34.1 Å². The molecule has 0 aliphatic rings. The van der Waals surface area contributed by atoms with Gasteiger partial charge in [-0.15, -0.1) is 5.10 Å². The molecule has 0 saturated carbocycles. The first-order valence-corrected chi connectivity index (χ1v) is 9.91. The van der Waals surface area contributed by atoms with Crippen LogP contribution < -0.4 is 26.8 Å². The molecule has 0 spiro atoms. The van der Waals surface area contributed by atoms with Crippen LogP contribution in [-0.2, 0) is 7.05 Å². The summed E-state index contributed by atoms with van der Waals surface area (Å²) in [7, 11) is 3.35. The first-order valence-electron chi connectivity index (χ1n) is 9.91. The Bertz CT molecular complexity index is 1130. The third-order valence-electron chi connectivity index (χ3n) is 5.66. The van der Waals surface area contributed by atoms with Crippen molar-refractivity contribution in [3.05, 3.63) is 35.6 Å². The number of hydrogen-bond acceptors (Lipinski definition) is 7. The van der Waals surface area contributed by atoms with E-state index in [2.05, 4.69) is 20.7 Å². The highest BCUT2D eigenvalue weighted by molar-refractivity contribution is 5.99. The number of fused-ring (bicyclic) bond motifs is 1. The van der Waals surface area contributed by atoms with E-state index < -0.39 is 17.3 Å². The Morgan fingerprint density at radius 3 is 2.65 bits per heavy atom. The number of pyridine rings is 1. The van der Waals surface area contributed by atoms with E-state index in [-0.39, 0.29) is 23.2 Å². The smallest absolute Gasteiger partial charge is 0.252 e. The number of hydrogen-bond donors (Lipinski definition) is 4. The molecular weight excluding hydrogens is 401 g/mol. The van der Waals surface area contributed by atoms with Gasteiger partial charge in [-0.1, -0.05) is 6.92 Å². The van der Waals surface area contributed by atoms with Gasteiger partial charge in [-0.05, 0) is 44.5 Å². The lowest BCUT2D eigenvalue weighted by atomic mass is 9.91. The number of methoxy groups -OCH3 is 1. The number of nitrogens with two attached hydrogens (primary N) is 2. The van der Waals surface area contributed by atoms with Gasteiger partial charge in [-0.3, -0.25) is 9.48 Å². The van der Waals surface area contributed by atoms with Crippen molar-refractivity contribution in [3.63, 3.8) is 0 Å². The molecule has 3 aromatic rings. The van der Waals surface area contributed by atoms with Crippen molar-refractivity contribution in [1.82, 2.24) is 14.8 Å². The summed E-state index contributed by atoms with van der Waals surface area (Å²) >= 11 is 0. The maximum Gasteiger partial charge on any atom is 0.252 e. The lowest BCUT2D eigenvalue weighted by molar-refractivity contribution is 0.100. The molecule has 0 radical (unpaired) electrons. The van der Waals surface area contributed by atoms with Gasteiger partial charge < -0.3 is 26.8 Å². The summed E-state index contributed by atoms with van der Waals surface area (Å²) in [5.74, 6) is -0.924. The van der Waals surface area contributed by atoms with Gasteiger partial charge in [0.15, 0.2) is 11.6 Å². The number of anilines is 3. The second kappa shape index (κ2) is 8.38. The number of rotatable bonds is 8. The molecule has 0 aliphatic carbocycles. The molecule has 31 heavy (non-hydrogen) atoms. The Labute approximate surface area is 180 Å². The molecule has 2 aromatic heterocycles. The minimum atomic E-state index is -0.800. The standard InChI is InChI=1S/C21H28FN7O2/c1-6-21(3,11(2)23)27-19-15(22)10-14(17(24)30)18(26-19)25-12-7-8-16-13(9-12)20(31-5)28-29(16)4/h7-11H,6,23H2,1-5H3,(H2,24,30)(H2,25,26,27)/t11-,21+/m0/s1. The van der Waals surface area contributed by atoms with Gasteiger partial charge in [-0.25, -0.2) is 9.37 Å².